The van der Waals surface area contributed by atoms with Crippen LogP contribution >= 0.6 is 15.9 Å². The van der Waals surface area contributed by atoms with E-state index in [2.05, 4.69) is 31.4 Å². The van der Waals surface area contributed by atoms with E-state index in [1.54, 1.807) is 12.3 Å². The summed E-state index contributed by atoms with van der Waals surface area (Å²) in [5.74, 6) is -0.276. The highest BCUT2D eigenvalue weighted by atomic mass is 79.9. The van der Waals surface area contributed by atoms with Gasteiger partial charge in [-0.2, -0.15) is 5.10 Å². The number of halogens is 2. The fourth-order valence-electron chi connectivity index (χ4n) is 1.42. The quantitative estimate of drug-likeness (QED) is 0.905. The minimum Gasteiger partial charge on any atom is -0.377 e. The number of rotatable bonds is 3. The van der Waals surface area contributed by atoms with Crippen LogP contribution in [0.3, 0.4) is 0 Å². The summed E-state index contributed by atoms with van der Waals surface area (Å²) in [4.78, 5) is 0. The molecule has 0 fully saturated rings. The SMILES string of the molecule is CC(Nc1ccc(Br)c(F)c1)c1ccn[nH]1. The van der Waals surface area contributed by atoms with Gasteiger partial charge in [0.25, 0.3) is 0 Å². The third-order valence-electron chi connectivity index (χ3n) is 2.29. The molecule has 0 aliphatic carbocycles. The first kappa shape index (κ1) is 11.1. The van der Waals surface area contributed by atoms with Gasteiger partial charge in [-0.15, -0.1) is 0 Å². The van der Waals surface area contributed by atoms with E-state index in [1.807, 2.05) is 19.1 Å². The number of H-pyrrole nitrogens is 1. The molecule has 3 nitrogen and oxygen atoms in total. The maximum absolute atomic E-state index is 13.3. The van der Waals surface area contributed by atoms with Gasteiger partial charge in [-0.3, -0.25) is 5.10 Å². The van der Waals surface area contributed by atoms with Gasteiger partial charge in [0.05, 0.1) is 16.2 Å². The molecule has 0 aliphatic rings. The van der Waals surface area contributed by atoms with Crippen LogP contribution in [0, 0.1) is 5.82 Å². The summed E-state index contributed by atoms with van der Waals surface area (Å²) in [6, 6.07) is 6.89. The first-order valence-electron chi connectivity index (χ1n) is 4.87. The Kier molecular flexibility index (Phi) is 3.24. The Balaban J connectivity index is 2.12. The van der Waals surface area contributed by atoms with Crippen molar-refractivity contribution in [1.82, 2.24) is 10.2 Å². The first-order chi connectivity index (χ1) is 7.66. The molecule has 0 spiro atoms. The Morgan fingerprint density at radius 3 is 2.88 bits per heavy atom. The molecule has 0 aliphatic heterocycles. The molecule has 0 saturated carbocycles. The van der Waals surface area contributed by atoms with Gasteiger partial charge in [0.2, 0.25) is 0 Å². The first-order valence-corrected chi connectivity index (χ1v) is 5.67. The lowest BCUT2D eigenvalue weighted by Crippen LogP contribution is -2.07. The molecule has 0 bridgehead atoms. The largest absolute Gasteiger partial charge is 0.377 e. The van der Waals surface area contributed by atoms with Gasteiger partial charge in [-0.05, 0) is 47.1 Å². The van der Waals surface area contributed by atoms with Gasteiger partial charge in [-0.1, -0.05) is 0 Å². The maximum Gasteiger partial charge on any atom is 0.139 e. The van der Waals surface area contributed by atoms with Crippen LogP contribution in [0.15, 0.2) is 34.9 Å². The fraction of sp³-hybridized carbons (Fsp3) is 0.182. The Labute approximate surface area is 101 Å². The Hall–Kier alpha value is -1.36. The van der Waals surface area contributed by atoms with Gasteiger partial charge in [-0.25, -0.2) is 4.39 Å². The highest BCUT2D eigenvalue weighted by Gasteiger charge is 2.07. The molecule has 16 heavy (non-hydrogen) atoms. The van der Waals surface area contributed by atoms with Crippen LogP contribution in [0.1, 0.15) is 18.7 Å². The zero-order valence-electron chi connectivity index (χ0n) is 8.67. The van der Waals surface area contributed by atoms with E-state index in [0.29, 0.717) is 4.47 Å². The topological polar surface area (TPSA) is 40.7 Å². The van der Waals surface area contributed by atoms with Crippen molar-refractivity contribution in [2.75, 3.05) is 5.32 Å². The van der Waals surface area contributed by atoms with E-state index in [-0.39, 0.29) is 11.9 Å². The molecule has 1 heterocycles. The smallest absolute Gasteiger partial charge is 0.139 e. The number of aromatic nitrogens is 2. The van der Waals surface area contributed by atoms with E-state index in [4.69, 9.17) is 0 Å². The summed E-state index contributed by atoms with van der Waals surface area (Å²) in [6.07, 6.45) is 1.69. The Bertz CT molecular complexity index is 470. The third-order valence-corrected chi connectivity index (χ3v) is 2.93. The third kappa shape index (κ3) is 2.41. The number of benzene rings is 1. The summed E-state index contributed by atoms with van der Waals surface area (Å²) in [7, 11) is 0. The Morgan fingerprint density at radius 2 is 2.25 bits per heavy atom. The van der Waals surface area contributed by atoms with Crippen molar-refractivity contribution in [3.63, 3.8) is 0 Å². The summed E-state index contributed by atoms with van der Waals surface area (Å²) < 4.78 is 13.7. The molecular weight excluding hydrogens is 273 g/mol. The lowest BCUT2D eigenvalue weighted by atomic mass is 10.2. The molecule has 5 heteroatoms. The molecule has 0 amide bonds. The molecule has 1 aromatic heterocycles. The van der Waals surface area contributed by atoms with Gasteiger partial charge in [0.15, 0.2) is 0 Å². The molecule has 1 aromatic carbocycles. The van der Waals surface area contributed by atoms with Crippen LogP contribution in [0.2, 0.25) is 0 Å². The zero-order chi connectivity index (χ0) is 11.5. The van der Waals surface area contributed by atoms with E-state index < -0.39 is 0 Å². The monoisotopic (exact) mass is 283 g/mol. The normalized spacial score (nSPS) is 12.4. The summed E-state index contributed by atoms with van der Waals surface area (Å²) in [6.45, 7) is 1.98. The molecule has 0 saturated heterocycles. The predicted molar refractivity (Wildman–Crippen MR) is 64.7 cm³/mol. The molecule has 1 unspecified atom stereocenters. The second kappa shape index (κ2) is 4.65. The van der Waals surface area contributed by atoms with E-state index in [0.717, 1.165) is 11.4 Å². The van der Waals surface area contributed by atoms with Crippen LogP contribution in [0.4, 0.5) is 10.1 Å². The molecule has 84 valence electrons. The molecule has 0 radical (unpaired) electrons. The number of anilines is 1. The van der Waals surface area contributed by atoms with E-state index in [9.17, 15) is 4.39 Å². The standard InChI is InChI=1S/C11H11BrFN3/c1-7(11-4-5-14-16-11)15-8-2-3-9(12)10(13)6-8/h2-7,15H,1H3,(H,14,16). The van der Waals surface area contributed by atoms with Crippen LogP contribution in [0.25, 0.3) is 0 Å². The number of nitrogens with one attached hydrogen (secondary N) is 2. The van der Waals surface area contributed by atoms with Gasteiger partial charge >= 0.3 is 0 Å². The summed E-state index contributed by atoms with van der Waals surface area (Å²) in [5.41, 5.74) is 1.70. The lowest BCUT2D eigenvalue weighted by molar-refractivity contribution is 0.621. The van der Waals surface area contributed by atoms with Crippen molar-refractivity contribution < 1.29 is 4.39 Å². The molecule has 1 atom stereocenters. The van der Waals surface area contributed by atoms with Crippen LogP contribution < -0.4 is 5.32 Å². The Morgan fingerprint density at radius 1 is 1.44 bits per heavy atom. The van der Waals surface area contributed by atoms with Crippen molar-refractivity contribution in [2.45, 2.75) is 13.0 Å². The van der Waals surface area contributed by atoms with E-state index in [1.165, 1.54) is 6.07 Å². The minimum absolute atomic E-state index is 0.0584. The lowest BCUT2D eigenvalue weighted by Gasteiger charge is -2.13. The average molecular weight is 284 g/mol. The molecule has 2 aromatic rings. The predicted octanol–water partition coefficient (Wildman–Crippen LogP) is 3.48. The molecular formula is C11H11BrFN3. The van der Waals surface area contributed by atoms with Crippen LogP contribution in [0.5, 0.6) is 0 Å². The number of hydrogen-bond donors (Lipinski definition) is 2. The molecule has 2 N–H and O–H groups in total. The van der Waals surface area contributed by atoms with Crippen molar-refractivity contribution in [2.24, 2.45) is 0 Å². The second-order valence-electron chi connectivity index (χ2n) is 3.51. The fourth-order valence-corrected chi connectivity index (χ4v) is 1.67. The number of hydrogen-bond acceptors (Lipinski definition) is 2. The van der Waals surface area contributed by atoms with Crippen molar-refractivity contribution in [3.8, 4) is 0 Å². The number of nitrogens with zero attached hydrogens (tertiary/aromatic N) is 1. The van der Waals surface area contributed by atoms with Crippen LogP contribution in [-0.4, -0.2) is 10.2 Å². The minimum atomic E-state index is -0.276. The highest BCUT2D eigenvalue weighted by Crippen LogP contribution is 2.22. The second-order valence-corrected chi connectivity index (χ2v) is 4.36. The van der Waals surface area contributed by atoms with Gasteiger partial charge in [0, 0.05) is 11.9 Å². The summed E-state index contributed by atoms with van der Waals surface area (Å²) >= 11 is 3.12. The summed E-state index contributed by atoms with van der Waals surface area (Å²) in [5, 5.41) is 9.92. The van der Waals surface area contributed by atoms with Gasteiger partial charge < -0.3 is 5.32 Å². The number of aromatic amines is 1. The van der Waals surface area contributed by atoms with Gasteiger partial charge in [0.1, 0.15) is 5.82 Å². The van der Waals surface area contributed by atoms with Crippen molar-refractivity contribution in [1.29, 1.82) is 0 Å². The van der Waals surface area contributed by atoms with E-state index >= 15 is 0 Å². The zero-order valence-corrected chi connectivity index (χ0v) is 10.3. The average Bonchev–Trinajstić information content (AvgIpc) is 2.77. The maximum atomic E-state index is 13.3. The van der Waals surface area contributed by atoms with Crippen molar-refractivity contribution in [3.05, 3.63) is 46.4 Å². The van der Waals surface area contributed by atoms with Crippen LogP contribution in [-0.2, 0) is 0 Å². The highest BCUT2D eigenvalue weighted by molar-refractivity contribution is 9.10. The molecule has 2 rings (SSSR count). The van der Waals surface area contributed by atoms with Crippen molar-refractivity contribution >= 4 is 21.6 Å².